The lowest BCUT2D eigenvalue weighted by Gasteiger charge is -2.24. The first-order valence-corrected chi connectivity index (χ1v) is 7.75. The highest BCUT2D eigenvalue weighted by Crippen LogP contribution is 2.42. The molecular formula is C15H23N2OS+. The van der Waals surface area contributed by atoms with Crippen LogP contribution in [0.15, 0.2) is 24.3 Å². The van der Waals surface area contributed by atoms with Gasteiger partial charge in [0, 0.05) is 0 Å². The zero-order valence-corrected chi connectivity index (χ0v) is 13.0. The zero-order valence-electron chi connectivity index (χ0n) is 12.1. The van der Waals surface area contributed by atoms with Gasteiger partial charge in [-0.05, 0) is 19.4 Å². The van der Waals surface area contributed by atoms with Gasteiger partial charge in [0.15, 0.2) is 0 Å². The van der Waals surface area contributed by atoms with Gasteiger partial charge in [-0.1, -0.05) is 29.8 Å². The van der Waals surface area contributed by atoms with Gasteiger partial charge in [0.25, 0.3) is 0 Å². The molecule has 0 aliphatic carbocycles. The molecule has 0 radical (unpaired) electrons. The molecule has 1 heterocycles. The Morgan fingerprint density at radius 2 is 1.89 bits per heavy atom. The summed E-state index contributed by atoms with van der Waals surface area (Å²) >= 11 is 1.76. The summed E-state index contributed by atoms with van der Waals surface area (Å²) in [4.78, 5) is 15.7. The molecule has 1 aromatic carbocycles. The van der Waals surface area contributed by atoms with Gasteiger partial charge in [-0.3, -0.25) is 4.79 Å². The molecule has 1 fully saturated rings. The maximum Gasteiger partial charge on any atom is 0.236 e. The third-order valence-electron chi connectivity index (χ3n) is 3.46. The Balaban J connectivity index is 2.17. The van der Waals surface area contributed by atoms with Crippen LogP contribution in [0, 0.1) is 6.92 Å². The first-order chi connectivity index (χ1) is 8.99. The number of rotatable bonds is 4. The molecule has 1 N–H and O–H groups in total. The smallest absolute Gasteiger partial charge is 0.236 e. The fourth-order valence-electron chi connectivity index (χ4n) is 2.24. The highest BCUT2D eigenvalue weighted by Gasteiger charge is 2.38. The van der Waals surface area contributed by atoms with Gasteiger partial charge in [-0.15, -0.1) is 11.8 Å². The Bertz CT molecular complexity index is 444. The molecule has 0 saturated carbocycles. The molecule has 104 valence electrons. The lowest BCUT2D eigenvalue weighted by Crippen LogP contribution is -3.06. The minimum atomic E-state index is 0.0727. The molecule has 0 aromatic heterocycles. The number of carbonyl (C=O) groups is 1. The number of quaternary nitrogens is 1. The summed E-state index contributed by atoms with van der Waals surface area (Å²) in [5.41, 5.74) is 2.50. The average molecular weight is 279 g/mol. The second-order valence-electron chi connectivity index (χ2n) is 5.53. The van der Waals surface area contributed by atoms with E-state index in [-0.39, 0.29) is 16.5 Å². The summed E-state index contributed by atoms with van der Waals surface area (Å²) in [6, 6.07) is 8.54. The van der Waals surface area contributed by atoms with E-state index in [2.05, 4.69) is 45.3 Å². The predicted molar refractivity (Wildman–Crippen MR) is 80.4 cm³/mol. The quantitative estimate of drug-likeness (QED) is 0.893. The maximum absolute atomic E-state index is 12.3. The Morgan fingerprint density at radius 3 is 2.47 bits per heavy atom. The van der Waals surface area contributed by atoms with Gasteiger partial charge >= 0.3 is 0 Å². The van der Waals surface area contributed by atoms with Crippen molar-refractivity contribution in [3.8, 4) is 0 Å². The third kappa shape index (κ3) is 3.31. The van der Waals surface area contributed by atoms with Gasteiger partial charge in [0.1, 0.15) is 5.37 Å². The van der Waals surface area contributed by atoms with Crippen molar-refractivity contribution in [1.82, 2.24) is 4.90 Å². The Labute approximate surface area is 120 Å². The van der Waals surface area contributed by atoms with Gasteiger partial charge < -0.3 is 9.80 Å². The monoisotopic (exact) mass is 279 g/mol. The lowest BCUT2D eigenvalue weighted by atomic mass is 10.1. The molecule has 1 aliphatic rings. The predicted octanol–water partition coefficient (Wildman–Crippen LogP) is 1.10. The zero-order chi connectivity index (χ0) is 14.0. The summed E-state index contributed by atoms with van der Waals surface area (Å²) in [6.45, 7) is 5.92. The van der Waals surface area contributed by atoms with Crippen molar-refractivity contribution in [1.29, 1.82) is 0 Å². The van der Waals surface area contributed by atoms with Crippen LogP contribution in [0.4, 0.5) is 0 Å². The fourth-order valence-corrected chi connectivity index (χ4v) is 3.54. The van der Waals surface area contributed by atoms with E-state index in [1.807, 2.05) is 11.8 Å². The van der Waals surface area contributed by atoms with Crippen LogP contribution in [0.1, 0.15) is 23.4 Å². The first kappa shape index (κ1) is 14.4. The van der Waals surface area contributed by atoms with Crippen LogP contribution in [0.5, 0.6) is 0 Å². The molecule has 19 heavy (non-hydrogen) atoms. The number of nitrogens with zero attached hydrogens (tertiary/aromatic N) is 1. The van der Waals surface area contributed by atoms with Gasteiger partial charge in [0.2, 0.25) is 5.91 Å². The van der Waals surface area contributed by atoms with Crippen LogP contribution in [-0.2, 0) is 4.79 Å². The minimum absolute atomic E-state index is 0.0727. The van der Waals surface area contributed by atoms with E-state index in [0.29, 0.717) is 0 Å². The van der Waals surface area contributed by atoms with E-state index in [4.69, 9.17) is 0 Å². The third-order valence-corrected chi connectivity index (χ3v) is 4.86. The lowest BCUT2D eigenvalue weighted by molar-refractivity contribution is -0.857. The van der Waals surface area contributed by atoms with Crippen LogP contribution < -0.4 is 4.90 Å². The maximum atomic E-state index is 12.3. The Morgan fingerprint density at radius 1 is 1.26 bits per heavy atom. The standard InChI is InChI=1S/C15H22N2OS/c1-11-5-7-13(8-6-11)15-17(10-9-16(3)4)14(18)12(2)19-15/h5-8,12,15H,9-10H2,1-4H3/p+1/t12-,15-/m1/s1. The number of thioether (sulfide) groups is 1. The highest BCUT2D eigenvalue weighted by atomic mass is 32.2. The number of hydrogen-bond acceptors (Lipinski definition) is 2. The van der Waals surface area contributed by atoms with E-state index in [1.54, 1.807) is 11.8 Å². The summed E-state index contributed by atoms with van der Waals surface area (Å²) in [7, 11) is 4.25. The minimum Gasteiger partial charge on any atom is -0.338 e. The molecule has 0 bridgehead atoms. The second-order valence-corrected chi connectivity index (χ2v) is 6.96. The van der Waals surface area contributed by atoms with Gasteiger partial charge in [0.05, 0.1) is 32.4 Å². The molecule has 0 spiro atoms. The van der Waals surface area contributed by atoms with Crippen molar-refractivity contribution < 1.29 is 9.69 Å². The van der Waals surface area contributed by atoms with Crippen molar-refractivity contribution in [3.05, 3.63) is 35.4 Å². The second kappa shape index (κ2) is 5.97. The number of carbonyl (C=O) groups excluding carboxylic acids is 1. The van der Waals surface area contributed by atoms with Crippen molar-refractivity contribution in [3.63, 3.8) is 0 Å². The molecule has 1 saturated heterocycles. The molecule has 1 aliphatic heterocycles. The molecule has 4 heteroatoms. The van der Waals surface area contributed by atoms with Crippen LogP contribution >= 0.6 is 11.8 Å². The number of hydrogen-bond donors (Lipinski definition) is 1. The number of nitrogens with one attached hydrogen (secondary N) is 1. The van der Waals surface area contributed by atoms with Crippen molar-refractivity contribution in [2.75, 3.05) is 27.2 Å². The van der Waals surface area contributed by atoms with E-state index < -0.39 is 0 Å². The van der Waals surface area contributed by atoms with Gasteiger partial charge in [-0.25, -0.2) is 0 Å². The molecule has 2 atom stereocenters. The van der Waals surface area contributed by atoms with E-state index in [0.717, 1.165) is 13.1 Å². The number of amides is 1. The molecule has 3 nitrogen and oxygen atoms in total. The van der Waals surface area contributed by atoms with E-state index in [1.165, 1.54) is 16.0 Å². The van der Waals surface area contributed by atoms with Crippen LogP contribution in [0.2, 0.25) is 0 Å². The van der Waals surface area contributed by atoms with Gasteiger partial charge in [-0.2, -0.15) is 0 Å². The summed E-state index contributed by atoms with van der Waals surface area (Å²) < 4.78 is 0. The fraction of sp³-hybridized carbons (Fsp3) is 0.533. The summed E-state index contributed by atoms with van der Waals surface area (Å²) in [6.07, 6.45) is 0. The van der Waals surface area contributed by atoms with E-state index in [9.17, 15) is 4.79 Å². The normalized spacial score (nSPS) is 23.4. The largest absolute Gasteiger partial charge is 0.338 e. The average Bonchev–Trinajstić information content (AvgIpc) is 2.64. The van der Waals surface area contributed by atoms with Crippen LogP contribution in [0.3, 0.4) is 0 Å². The number of benzene rings is 1. The van der Waals surface area contributed by atoms with Crippen LogP contribution in [0.25, 0.3) is 0 Å². The molecule has 2 rings (SSSR count). The highest BCUT2D eigenvalue weighted by molar-refractivity contribution is 8.01. The molecular weight excluding hydrogens is 256 g/mol. The Hall–Kier alpha value is -1.00. The Kier molecular flexibility index (Phi) is 4.53. The number of likely N-dealkylation sites (N-methyl/N-ethyl adjacent to an activating group) is 1. The summed E-state index contributed by atoms with van der Waals surface area (Å²) in [5, 5.41) is 0.255. The summed E-state index contributed by atoms with van der Waals surface area (Å²) in [5.74, 6) is 0.275. The van der Waals surface area contributed by atoms with Crippen molar-refractivity contribution in [2.24, 2.45) is 0 Å². The van der Waals surface area contributed by atoms with E-state index >= 15 is 0 Å². The topological polar surface area (TPSA) is 24.8 Å². The molecule has 1 amide bonds. The first-order valence-electron chi connectivity index (χ1n) is 6.80. The molecule has 0 unspecified atom stereocenters. The van der Waals surface area contributed by atoms with Crippen molar-refractivity contribution >= 4 is 17.7 Å². The van der Waals surface area contributed by atoms with Crippen LogP contribution in [-0.4, -0.2) is 43.2 Å². The molecule has 1 aromatic rings. The van der Waals surface area contributed by atoms with Crippen molar-refractivity contribution in [2.45, 2.75) is 24.5 Å². The number of aryl methyl sites for hydroxylation is 1. The SMILES string of the molecule is Cc1ccc([C@H]2S[C@H](C)C(=O)N2CC[NH+](C)C)cc1.